The zero-order valence-electron chi connectivity index (χ0n) is 20.7. The van der Waals surface area contributed by atoms with Gasteiger partial charge in [0.15, 0.2) is 5.16 Å². The molecule has 3 aromatic carbocycles. The molecule has 1 amide bonds. The summed E-state index contributed by atoms with van der Waals surface area (Å²) < 4.78 is 2.39. The second kappa shape index (κ2) is 14.0. The molecule has 1 aromatic heterocycles. The number of carbonyl (C=O) groups excluding carboxylic acids is 1. The number of benzene rings is 3. The van der Waals surface area contributed by atoms with E-state index in [0.717, 1.165) is 52.9 Å². The predicted molar refractivity (Wildman–Crippen MR) is 154 cm³/mol. The molecule has 1 heterocycles. The second-order valence-corrected chi connectivity index (χ2v) is 10.6. The van der Waals surface area contributed by atoms with Crippen LogP contribution in [0.1, 0.15) is 26.2 Å². The van der Waals surface area contributed by atoms with Crippen LogP contribution in [-0.2, 0) is 11.3 Å². The Balaban J connectivity index is 1.42. The fourth-order valence-electron chi connectivity index (χ4n) is 3.93. The first-order chi connectivity index (χ1) is 17.8. The number of nitrogens with zero attached hydrogens (tertiary/aromatic N) is 2. The van der Waals surface area contributed by atoms with Crippen LogP contribution in [0.2, 0.25) is 0 Å². The van der Waals surface area contributed by atoms with Gasteiger partial charge in [-0.15, -0.1) is 11.8 Å². The number of nitrogens with one attached hydrogen (secondary N) is 1. The summed E-state index contributed by atoms with van der Waals surface area (Å²) in [6.07, 6.45) is 3.13. The summed E-state index contributed by atoms with van der Waals surface area (Å²) in [6, 6.07) is 31.1. The molecule has 0 saturated carbocycles. The molecule has 0 fully saturated rings. The van der Waals surface area contributed by atoms with Crippen molar-refractivity contribution < 1.29 is 4.79 Å². The lowest BCUT2D eigenvalue weighted by Crippen LogP contribution is -2.26. The van der Waals surface area contributed by atoms with Crippen molar-refractivity contribution in [1.82, 2.24) is 14.9 Å². The zero-order valence-corrected chi connectivity index (χ0v) is 22.4. The Kier molecular flexibility index (Phi) is 10.1. The molecular formula is C30H33N3OS2. The summed E-state index contributed by atoms with van der Waals surface area (Å²) in [4.78, 5) is 18.5. The first kappa shape index (κ1) is 26.1. The molecule has 4 nitrogen and oxygen atoms in total. The van der Waals surface area contributed by atoms with Gasteiger partial charge in [-0.2, -0.15) is 0 Å². The van der Waals surface area contributed by atoms with Crippen LogP contribution >= 0.6 is 23.5 Å². The SMILES string of the molecule is CCCCn1c(SCCCNC(=O)CSc2ccccc2)nc(-c2ccccc2)c1-c1ccccc1. The number of hydrogen-bond acceptors (Lipinski definition) is 4. The third kappa shape index (κ3) is 7.28. The van der Waals surface area contributed by atoms with Crippen LogP contribution in [0, 0.1) is 0 Å². The molecule has 0 atom stereocenters. The van der Waals surface area contributed by atoms with Crippen molar-refractivity contribution in [2.24, 2.45) is 0 Å². The minimum absolute atomic E-state index is 0.0797. The Morgan fingerprint density at radius 1 is 0.833 bits per heavy atom. The standard InChI is InChI=1S/C30H33N3OS2/c1-2-3-21-33-29(25-16-9-5-10-17-25)28(24-14-7-4-8-15-24)32-30(33)35-22-13-20-31-27(34)23-36-26-18-11-6-12-19-26/h4-12,14-19H,2-3,13,20-23H2,1H3,(H,31,34). The third-order valence-electron chi connectivity index (χ3n) is 5.75. The second-order valence-electron chi connectivity index (χ2n) is 8.48. The van der Waals surface area contributed by atoms with Crippen LogP contribution in [0.5, 0.6) is 0 Å². The number of aromatic nitrogens is 2. The molecule has 0 bridgehead atoms. The minimum Gasteiger partial charge on any atom is -0.355 e. The summed E-state index contributed by atoms with van der Waals surface area (Å²) in [5.41, 5.74) is 4.54. The first-order valence-corrected chi connectivity index (χ1v) is 14.5. The van der Waals surface area contributed by atoms with Crippen LogP contribution in [-0.4, -0.2) is 33.5 Å². The summed E-state index contributed by atoms with van der Waals surface area (Å²) in [5, 5.41) is 4.10. The van der Waals surface area contributed by atoms with Gasteiger partial charge < -0.3 is 9.88 Å². The van der Waals surface area contributed by atoms with Crippen molar-refractivity contribution in [3.8, 4) is 22.5 Å². The minimum atomic E-state index is 0.0797. The summed E-state index contributed by atoms with van der Waals surface area (Å²) in [5.74, 6) is 1.42. The number of unbranched alkanes of at least 4 members (excludes halogenated alkanes) is 1. The maximum atomic E-state index is 12.2. The average Bonchev–Trinajstić information content (AvgIpc) is 3.30. The van der Waals surface area contributed by atoms with Gasteiger partial charge in [0.2, 0.25) is 5.91 Å². The number of imidazole rings is 1. The fraction of sp³-hybridized carbons (Fsp3) is 0.267. The molecule has 0 spiro atoms. The lowest BCUT2D eigenvalue weighted by atomic mass is 10.0. The van der Waals surface area contributed by atoms with Gasteiger partial charge in [0.25, 0.3) is 0 Å². The third-order valence-corrected chi connectivity index (χ3v) is 7.82. The molecule has 36 heavy (non-hydrogen) atoms. The van der Waals surface area contributed by atoms with Gasteiger partial charge in [-0.05, 0) is 25.0 Å². The van der Waals surface area contributed by atoms with E-state index in [-0.39, 0.29) is 5.91 Å². The van der Waals surface area contributed by atoms with Gasteiger partial charge in [-0.3, -0.25) is 4.79 Å². The fourth-order valence-corrected chi connectivity index (χ4v) is 5.65. The van der Waals surface area contributed by atoms with E-state index in [4.69, 9.17) is 4.98 Å². The lowest BCUT2D eigenvalue weighted by Gasteiger charge is -2.13. The van der Waals surface area contributed by atoms with Crippen molar-refractivity contribution >= 4 is 29.4 Å². The summed E-state index contributed by atoms with van der Waals surface area (Å²) in [6.45, 7) is 3.84. The first-order valence-electron chi connectivity index (χ1n) is 12.5. The van der Waals surface area contributed by atoms with Crippen molar-refractivity contribution in [2.45, 2.75) is 42.8 Å². The number of hydrogen-bond donors (Lipinski definition) is 1. The van der Waals surface area contributed by atoms with Gasteiger partial charge in [0.05, 0.1) is 17.1 Å². The highest BCUT2D eigenvalue weighted by atomic mass is 32.2. The van der Waals surface area contributed by atoms with E-state index in [0.29, 0.717) is 12.3 Å². The van der Waals surface area contributed by atoms with Crippen LogP contribution in [0.25, 0.3) is 22.5 Å². The Hall–Kier alpha value is -2.96. The number of carbonyl (C=O) groups is 1. The molecule has 0 aliphatic carbocycles. The van der Waals surface area contributed by atoms with Crippen molar-refractivity contribution in [3.63, 3.8) is 0 Å². The Morgan fingerprint density at radius 3 is 2.14 bits per heavy atom. The Bertz CT molecular complexity index is 1210. The lowest BCUT2D eigenvalue weighted by molar-refractivity contribution is -0.118. The van der Waals surface area contributed by atoms with Gasteiger partial charge >= 0.3 is 0 Å². The Morgan fingerprint density at radius 2 is 1.47 bits per heavy atom. The van der Waals surface area contributed by atoms with Crippen LogP contribution in [0.4, 0.5) is 0 Å². The molecule has 0 radical (unpaired) electrons. The van der Waals surface area contributed by atoms with E-state index in [1.165, 1.54) is 11.3 Å². The quantitative estimate of drug-likeness (QED) is 0.149. The molecule has 4 aromatic rings. The zero-order chi connectivity index (χ0) is 25.0. The molecule has 0 aliphatic heterocycles. The Labute approximate surface area is 222 Å². The van der Waals surface area contributed by atoms with Gasteiger partial charge in [-0.25, -0.2) is 4.98 Å². The number of thioether (sulfide) groups is 2. The van der Waals surface area contributed by atoms with E-state index < -0.39 is 0 Å². The average molecular weight is 516 g/mol. The molecule has 186 valence electrons. The molecular weight excluding hydrogens is 482 g/mol. The van der Waals surface area contributed by atoms with Crippen LogP contribution < -0.4 is 5.32 Å². The highest BCUT2D eigenvalue weighted by Crippen LogP contribution is 2.36. The smallest absolute Gasteiger partial charge is 0.230 e. The molecule has 0 aliphatic rings. The van der Waals surface area contributed by atoms with Crippen molar-refractivity contribution in [1.29, 1.82) is 0 Å². The van der Waals surface area contributed by atoms with E-state index in [9.17, 15) is 4.79 Å². The maximum Gasteiger partial charge on any atom is 0.230 e. The largest absolute Gasteiger partial charge is 0.355 e. The van der Waals surface area contributed by atoms with E-state index in [2.05, 4.69) is 71.4 Å². The van der Waals surface area contributed by atoms with Gasteiger partial charge in [-0.1, -0.05) is 104 Å². The molecule has 1 N–H and O–H groups in total. The predicted octanol–water partition coefficient (Wildman–Crippen LogP) is 7.41. The molecule has 6 heteroatoms. The summed E-state index contributed by atoms with van der Waals surface area (Å²) in [7, 11) is 0. The normalized spacial score (nSPS) is 10.9. The monoisotopic (exact) mass is 515 g/mol. The van der Waals surface area contributed by atoms with E-state index in [1.807, 2.05) is 36.4 Å². The van der Waals surface area contributed by atoms with Crippen molar-refractivity contribution in [2.75, 3.05) is 18.1 Å². The van der Waals surface area contributed by atoms with Crippen LogP contribution in [0.3, 0.4) is 0 Å². The molecule has 4 rings (SSSR count). The van der Waals surface area contributed by atoms with Crippen LogP contribution in [0.15, 0.2) is 101 Å². The molecule has 0 unspecified atom stereocenters. The number of amides is 1. The molecule has 0 saturated heterocycles. The van der Waals surface area contributed by atoms with Crippen molar-refractivity contribution in [3.05, 3.63) is 91.0 Å². The maximum absolute atomic E-state index is 12.2. The summed E-state index contributed by atoms with van der Waals surface area (Å²) >= 11 is 3.35. The highest BCUT2D eigenvalue weighted by Gasteiger charge is 2.20. The number of rotatable bonds is 13. The highest BCUT2D eigenvalue weighted by molar-refractivity contribution is 8.00. The van der Waals surface area contributed by atoms with E-state index in [1.54, 1.807) is 23.5 Å². The van der Waals surface area contributed by atoms with Gasteiger partial charge in [0.1, 0.15) is 0 Å². The van der Waals surface area contributed by atoms with Gasteiger partial charge in [0, 0.05) is 34.9 Å². The topological polar surface area (TPSA) is 46.9 Å². The van der Waals surface area contributed by atoms with E-state index >= 15 is 0 Å².